The molecule has 132 valence electrons. The van der Waals surface area contributed by atoms with Gasteiger partial charge in [-0.05, 0) is 31.5 Å². The van der Waals surface area contributed by atoms with Gasteiger partial charge < -0.3 is 9.53 Å². The first-order valence-electron chi connectivity index (χ1n) is 8.93. The maximum Gasteiger partial charge on any atom is 0.308 e. The van der Waals surface area contributed by atoms with Gasteiger partial charge in [-0.3, -0.25) is 4.79 Å². The van der Waals surface area contributed by atoms with Crippen LogP contribution >= 0.6 is 0 Å². The van der Waals surface area contributed by atoms with E-state index in [1.54, 1.807) is 6.92 Å². The van der Waals surface area contributed by atoms with Gasteiger partial charge in [-0.2, -0.15) is 0 Å². The maximum absolute atomic E-state index is 11.4. The Morgan fingerprint density at radius 1 is 1.09 bits per heavy atom. The molecule has 0 fully saturated rings. The van der Waals surface area contributed by atoms with E-state index in [2.05, 4.69) is 40.8 Å². The highest BCUT2D eigenvalue weighted by Crippen LogP contribution is 2.38. The second-order valence-corrected chi connectivity index (χ2v) is 12.9. The Bertz CT molecular complexity index is 321. The largest absolute Gasteiger partial charge is 0.481 e. The third kappa shape index (κ3) is 7.77. The second kappa shape index (κ2) is 9.71. The highest BCUT2D eigenvalue weighted by molar-refractivity contribution is 6.74. The van der Waals surface area contributed by atoms with E-state index in [0.29, 0.717) is 0 Å². The second-order valence-electron chi connectivity index (χ2n) is 8.10. The van der Waals surface area contributed by atoms with Gasteiger partial charge >= 0.3 is 5.97 Å². The first kappa shape index (κ1) is 21.6. The fourth-order valence-corrected chi connectivity index (χ4v) is 3.68. The predicted molar refractivity (Wildman–Crippen MR) is 96.9 cm³/mol. The van der Waals surface area contributed by atoms with Crippen LogP contribution in [0.5, 0.6) is 0 Å². The van der Waals surface area contributed by atoms with Crippen molar-refractivity contribution < 1.29 is 14.3 Å². The number of carboxylic acids is 1. The van der Waals surface area contributed by atoms with Crippen molar-refractivity contribution in [3.05, 3.63) is 0 Å². The molecule has 3 nitrogen and oxygen atoms in total. The molecule has 0 saturated heterocycles. The van der Waals surface area contributed by atoms with Crippen molar-refractivity contribution in [3.63, 3.8) is 0 Å². The van der Waals surface area contributed by atoms with E-state index < -0.39 is 20.2 Å². The monoisotopic (exact) mass is 330 g/mol. The molecule has 0 aliphatic heterocycles. The summed E-state index contributed by atoms with van der Waals surface area (Å²) in [6, 6.07) is 0. The molecule has 0 heterocycles. The highest BCUT2D eigenvalue weighted by atomic mass is 28.4. The van der Waals surface area contributed by atoms with Crippen LogP contribution in [0.15, 0.2) is 0 Å². The van der Waals surface area contributed by atoms with E-state index >= 15 is 0 Å². The van der Waals surface area contributed by atoms with Crippen molar-refractivity contribution in [3.8, 4) is 0 Å². The smallest absolute Gasteiger partial charge is 0.308 e. The lowest BCUT2D eigenvalue weighted by Gasteiger charge is -2.40. The van der Waals surface area contributed by atoms with Gasteiger partial charge in [-0.25, -0.2) is 0 Å². The minimum atomic E-state index is -1.92. The molecule has 0 rings (SSSR count). The molecule has 2 atom stereocenters. The van der Waals surface area contributed by atoms with Crippen LogP contribution in [-0.4, -0.2) is 25.5 Å². The maximum atomic E-state index is 11.4. The number of hydrogen-bond acceptors (Lipinski definition) is 2. The molecule has 0 unspecified atom stereocenters. The normalized spacial score (nSPS) is 15.6. The van der Waals surface area contributed by atoms with Gasteiger partial charge in [0.05, 0.1) is 12.0 Å². The van der Waals surface area contributed by atoms with E-state index in [-0.39, 0.29) is 11.1 Å². The van der Waals surface area contributed by atoms with E-state index in [0.717, 1.165) is 12.8 Å². The molecule has 0 radical (unpaired) electrons. The summed E-state index contributed by atoms with van der Waals surface area (Å²) in [6.45, 7) is 15.0. The summed E-state index contributed by atoms with van der Waals surface area (Å²) in [5, 5.41) is 9.48. The lowest BCUT2D eigenvalue weighted by molar-refractivity contribution is -0.144. The molecule has 0 spiro atoms. The number of unbranched alkanes of at least 4 members (excludes halogenated alkanes) is 5. The topological polar surface area (TPSA) is 46.5 Å². The zero-order chi connectivity index (χ0) is 17.4. The summed E-state index contributed by atoms with van der Waals surface area (Å²) < 4.78 is 6.41. The van der Waals surface area contributed by atoms with Gasteiger partial charge in [-0.15, -0.1) is 0 Å². The molecular formula is C18H38O3Si. The van der Waals surface area contributed by atoms with E-state index in [1.807, 2.05) is 0 Å². The van der Waals surface area contributed by atoms with Crippen LogP contribution in [0.25, 0.3) is 0 Å². The first-order chi connectivity index (χ1) is 10.0. The number of carbonyl (C=O) groups is 1. The molecule has 0 aliphatic rings. The van der Waals surface area contributed by atoms with Crippen molar-refractivity contribution in [2.75, 3.05) is 0 Å². The van der Waals surface area contributed by atoms with E-state index in [1.165, 1.54) is 32.1 Å². The molecular weight excluding hydrogens is 292 g/mol. The number of hydrogen-bond donors (Lipinski definition) is 1. The molecule has 0 aliphatic carbocycles. The molecule has 22 heavy (non-hydrogen) atoms. The Morgan fingerprint density at radius 3 is 2.05 bits per heavy atom. The van der Waals surface area contributed by atoms with Gasteiger partial charge in [0.1, 0.15) is 0 Å². The van der Waals surface area contributed by atoms with Crippen molar-refractivity contribution in [1.29, 1.82) is 0 Å². The summed E-state index contributed by atoms with van der Waals surface area (Å²) in [5.74, 6) is -1.17. The van der Waals surface area contributed by atoms with E-state index in [4.69, 9.17) is 4.43 Å². The Hall–Kier alpha value is -0.353. The predicted octanol–water partition coefficient (Wildman–Crippen LogP) is 5.85. The summed E-state index contributed by atoms with van der Waals surface area (Å²) in [7, 11) is -1.92. The fourth-order valence-electron chi connectivity index (χ4n) is 2.25. The van der Waals surface area contributed by atoms with Crippen LogP contribution in [0, 0.1) is 5.92 Å². The van der Waals surface area contributed by atoms with Gasteiger partial charge in [0, 0.05) is 0 Å². The van der Waals surface area contributed by atoms with Crippen LogP contribution in [-0.2, 0) is 9.22 Å². The molecule has 0 saturated carbocycles. The van der Waals surface area contributed by atoms with Crippen LogP contribution in [0.4, 0.5) is 0 Å². The summed E-state index contributed by atoms with van der Waals surface area (Å²) in [4.78, 5) is 11.4. The van der Waals surface area contributed by atoms with E-state index in [9.17, 15) is 9.90 Å². The first-order valence-corrected chi connectivity index (χ1v) is 11.8. The van der Waals surface area contributed by atoms with Gasteiger partial charge in [0.2, 0.25) is 0 Å². The highest BCUT2D eigenvalue weighted by Gasteiger charge is 2.40. The average molecular weight is 331 g/mol. The van der Waals surface area contributed by atoms with Crippen molar-refractivity contribution >= 4 is 14.3 Å². The zero-order valence-electron chi connectivity index (χ0n) is 15.9. The molecule has 0 amide bonds. The molecule has 0 bridgehead atoms. The molecule has 0 aromatic carbocycles. The summed E-state index contributed by atoms with van der Waals surface area (Å²) in [5.41, 5.74) is 0. The Balaban J connectivity index is 4.55. The number of aliphatic carboxylic acids is 1. The Kier molecular flexibility index (Phi) is 9.56. The van der Waals surface area contributed by atoms with Crippen LogP contribution < -0.4 is 0 Å². The van der Waals surface area contributed by atoms with Crippen LogP contribution in [0.2, 0.25) is 18.1 Å². The standard InChI is InChI=1S/C18H38O3Si/c1-8-9-10-11-12-13-14-16(15(2)17(19)20)21-22(6,7)18(3,4)5/h15-16H,8-14H2,1-7H3,(H,19,20)/t15-,16-/m1/s1. The third-order valence-corrected chi connectivity index (χ3v) is 9.55. The SMILES string of the molecule is CCCCCCCC[C@@H](O[Si](C)(C)C(C)(C)C)[C@@H](C)C(=O)O. The zero-order valence-corrected chi connectivity index (χ0v) is 16.9. The van der Waals surface area contributed by atoms with Gasteiger partial charge in [-0.1, -0.05) is 66.2 Å². The quantitative estimate of drug-likeness (QED) is 0.382. The molecule has 0 aromatic heterocycles. The lowest BCUT2D eigenvalue weighted by Crippen LogP contribution is -2.46. The number of rotatable bonds is 11. The molecule has 0 aromatic rings. The van der Waals surface area contributed by atoms with Crippen molar-refractivity contribution in [2.24, 2.45) is 5.92 Å². The average Bonchev–Trinajstić information content (AvgIpc) is 2.38. The molecule has 4 heteroatoms. The van der Waals surface area contributed by atoms with Crippen molar-refractivity contribution in [1.82, 2.24) is 0 Å². The Morgan fingerprint density at radius 2 is 1.59 bits per heavy atom. The van der Waals surface area contributed by atoms with Crippen molar-refractivity contribution in [2.45, 2.75) is 104 Å². The Labute approximate surface area is 139 Å². The third-order valence-electron chi connectivity index (χ3n) is 5.04. The van der Waals surface area contributed by atoms with Crippen LogP contribution in [0.1, 0.15) is 79.6 Å². The summed E-state index contributed by atoms with van der Waals surface area (Å²) in [6.07, 6.45) is 8.07. The minimum Gasteiger partial charge on any atom is -0.481 e. The lowest BCUT2D eigenvalue weighted by atomic mass is 9.98. The van der Waals surface area contributed by atoms with Crippen LogP contribution in [0.3, 0.4) is 0 Å². The molecule has 1 N–H and O–H groups in total. The summed E-state index contributed by atoms with van der Waals surface area (Å²) >= 11 is 0. The minimum absolute atomic E-state index is 0.116. The fraction of sp³-hybridized carbons (Fsp3) is 0.944. The van der Waals surface area contributed by atoms with Gasteiger partial charge in [0.25, 0.3) is 0 Å². The van der Waals surface area contributed by atoms with Gasteiger partial charge in [0.15, 0.2) is 8.32 Å². The number of carboxylic acid groups (broad SMARTS) is 1.